The van der Waals surface area contributed by atoms with Crippen LogP contribution in [0.25, 0.3) is 32.7 Å². The van der Waals surface area contributed by atoms with Gasteiger partial charge in [-0.25, -0.2) is 9.97 Å². The van der Waals surface area contributed by atoms with Gasteiger partial charge in [0.2, 0.25) is 0 Å². The Bertz CT molecular complexity index is 1400. The van der Waals surface area contributed by atoms with Crippen LogP contribution in [0, 0.1) is 13.8 Å². The van der Waals surface area contributed by atoms with Gasteiger partial charge in [-0.2, -0.15) is 0 Å². The molecule has 31 heavy (non-hydrogen) atoms. The second-order valence-corrected chi connectivity index (χ2v) is 8.34. The minimum Gasteiger partial charge on any atom is -0.461 e. The van der Waals surface area contributed by atoms with Gasteiger partial charge in [0.05, 0.1) is 22.4 Å². The van der Waals surface area contributed by atoms with E-state index < -0.39 is 0 Å². The van der Waals surface area contributed by atoms with E-state index in [0.717, 1.165) is 37.9 Å². The molecular formula is C24H20N4O2S. The van der Waals surface area contributed by atoms with Crippen molar-refractivity contribution in [2.24, 2.45) is 0 Å². The largest absolute Gasteiger partial charge is 0.461 e. The summed E-state index contributed by atoms with van der Waals surface area (Å²) in [5, 5.41) is 5.09. The molecule has 7 heteroatoms. The van der Waals surface area contributed by atoms with E-state index in [0.29, 0.717) is 29.4 Å². The number of nitrogens with zero attached hydrogens (tertiary/aromatic N) is 3. The second kappa shape index (κ2) is 7.92. The van der Waals surface area contributed by atoms with E-state index in [1.54, 1.807) is 12.5 Å². The summed E-state index contributed by atoms with van der Waals surface area (Å²) in [6.45, 7) is 4.42. The number of fused-ring (bicyclic) bond motifs is 2. The third-order valence-corrected chi connectivity index (χ3v) is 6.50. The summed E-state index contributed by atoms with van der Waals surface area (Å²) in [5.74, 6) is 1.06. The summed E-state index contributed by atoms with van der Waals surface area (Å²) in [4.78, 5) is 28.1. The first-order valence-electron chi connectivity index (χ1n) is 10.0. The van der Waals surface area contributed by atoms with Crippen LogP contribution in [-0.4, -0.2) is 27.4 Å². The molecule has 0 aliphatic heterocycles. The maximum Gasteiger partial charge on any atom is 0.261 e. The molecule has 0 radical (unpaired) electrons. The average Bonchev–Trinajstić information content (AvgIpc) is 3.42. The SMILES string of the molecule is Cc1nc(-c2ccco2)nc2sc(C(=O)NCCc3cccc4cccnc34)c(C)c12. The molecule has 0 aliphatic rings. The van der Waals surface area contributed by atoms with Crippen LogP contribution in [0.2, 0.25) is 0 Å². The number of para-hydroxylation sites is 1. The summed E-state index contributed by atoms with van der Waals surface area (Å²) in [7, 11) is 0. The number of furan rings is 1. The predicted octanol–water partition coefficient (Wildman–Crippen LogP) is 5.09. The third-order valence-electron chi connectivity index (χ3n) is 5.32. The number of nitrogens with one attached hydrogen (secondary N) is 1. The molecule has 5 aromatic rings. The highest BCUT2D eigenvalue weighted by molar-refractivity contribution is 7.20. The van der Waals surface area contributed by atoms with Crippen molar-refractivity contribution in [3.8, 4) is 11.6 Å². The van der Waals surface area contributed by atoms with Gasteiger partial charge in [0.1, 0.15) is 4.83 Å². The van der Waals surface area contributed by atoms with E-state index in [-0.39, 0.29) is 5.91 Å². The van der Waals surface area contributed by atoms with E-state index in [9.17, 15) is 4.79 Å². The van der Waals surface area contributed by atoms with Gasteiger partial charge in [-0.1, -0.05) is 24.3 Å². The Morgan fingerprint density at radius 1 is 1.10 bits per heavy atom. The first-order valence-corrected chi connectivity index (χ1v) is 10.9. The van der Waals surface area contributed by atoms with Gasteiger partial charge < -0.3 is 9.73 Å². The summed E-state index contributed by atoms with van der Waals surface area (Å²) in [6.07, 6.45) is 4.11. The number of hydrogen-bond acceptors (Lipinski definition) is 6. The molecule has 1 aromatic carbocycles. The van der Waals surface area contributed by atoms with Crippen LogP contribution in [0.3, 0.4) is 0 Å². The minimum absolute atomic E-state index is 0.0901. The molecule has 0 aliphatic carbocycles. The van der Waals surface area contributed by atoms with Gasteiger partial charge in [0, 0.05) is 23.5 Å². The fourth-order valence-electron chi connectivity index (χ4n) is 3.83. The van der Waals surface area contributed by atoms with Crippen molar-refractivity contribution in [3.63, 3.8) is 0 Å². The number of aromatic nitrogens is 3. The monoisotopic (exact) mass is 428 g/mol. The molecule has 0 bridgehead atoms. The lowest BCUT2D eigenvalue weighted by Crippen LogP contribution is -2.25. The Kier molecular flexibility index (Phi) is 4.95. The zero-order chi connectivity index (χ0) is 21.4. The first kappa shape index (κ1) is 19.4. The van der Waals surface area contributed by atoms with Crippen LogP contribution in [0.1, 0.15) is 26.5 Å². The molecule has 0 unspecified atom stereocenters. The normalized spacial score (nSPS) is 11.3. The van der Waals surface area contributed by atoms with Crippen molar-refractivity contribution >= 4 is 38.4 Å². The van der Waals surface area contributed by atoms with Gasteiger partial charge >= 0.3 is 0 Å². The van der Waals surface area contributed by atoms with E-state index in [1.165, 1.54) is 11.3 Å². The number of amides is 1. The molecule has 5 rings (SSSR count). The van der Waals surface area contributed by atoms with Gasteiger partial charge in [0.25, 0.3) is 5.91 Å². The Labute approximate surface area is 183 Å². The van der Waals surface area contributed by atoms with E-state index in [4.69, 9.17) is 4.42 Å². The highest BCUT2D eigenvalue weighted by Gasteiger charge is 2.20. The zero-order valence-corrected chi connectivity index (χ0v) is 18.0. The van der Waals surface area contributed by atoms with Crippen LogP contribution in [0.15, 0.2) is 59.3 Å². The first-order chi connectivity index (χ1) is 15.1. The fourth-order valence-corrected chi connectivity index (χ4v) is 4.98. The van der Waals surface area contributed by atoms with Crippen molar-refractivity contribution in [2.45, 2.75) is 20.3 Å². The Hall–Kier alpha value is -3.58. The highest BCUT2D eigenvalue weighted by atomic mass is 32.1. The smallest absolute Gasteiger partial charge is 0.261 e. The summed E-state index contributed by atoms with van der Waals surface area (Å²) in [6, 6.07) is 13.7. The average molecular weight is 429 g/mol. The predicted molar refractivity (Wildman–Crippen MR) is 122 cm³/mol. The number of hydrogen-bond donors (Lipinski definition) is 1. The number of carbonyl (C=O) groups is 1. The second-order valence-electron chi connectivity index (χ2n) is 7.34. The lowest BCUT2D eigenvalue weighted by molar-refractivity contribution is 0.0957. The number of aryl methyl sites for hydroxylation is 2. The summed E-state index contributed by atoms with van der Waals surface area (Å²) >= 11 is 1.39. The molecule has 0 spiro atoms. The molecule has 154 valence electrons. The number of carbonyl (C=O) groups excluding carboxylic acids is 1. The standard InChI is InChI=1S/C24H20N4O2S/c1-14-19-15(2)27-22(18-9-5-13-30-18)28-24(19)31-21(14)23(29)26-12-10-17-7-3-6-16-8-4-11-25-20(16)17/h3-9,11,13H,10,12H2,1-2H3,(H,26,29). The Morgan fingerprint density at radius 2 is 1.97 bits per heavy atom. The molecule has 0 fully saturated rings. The third kappa shape index (κ3) is 3.57. The lowest BCUT2D eigenvalue weighted by Gasteiger charge is -2.07. The molecule has 4 aromatic heterocycles. The van der Waals surface area contributed by atoms with E-state index >= 15 is 0 Å². The molecular weight excluding hydrogens is 408 g/mol. The van der Waals surface area contributed by atoms with E-state index in [2.05, 4.69) is 26.3 Å². The molecule has 6 nitrogen and oxygen atoms in total. The highest BCUT2D eigenvalue weighted by Crippen LogP contribution is 2.33. The minimum atomic E-state index is -0.0901. The van der Waals surface area contributed by atoms with Gasteiger partial charge in [0.15, 0.2) is 11.6 Å². The van der Waals surface area contributed by atoms with Gasteiger partial charge in [-0.15, -0.1) is 11.3 Å². The molecule has 0 saturated heterocycles. The topological polar surface area (TPSA) is 80.9 Å². The van der Waals surface area contributed by atoms with Crippen molar-refractivity contribution in [2.75, 3.05) is 6.54 Å². The lowest BCUT2D eigenvalue weighted by atomic mass is 10.1. The Balaban J connectivity index is 1.37. The number of benzene rings is 1. The zero-order valence-electron chi connectivity index (χ0n) is 17.2. The number of rotatable bonds is 5. The summed E-state index contributed by atoms with van der Waals surface area (Å²) in [5.41, 5.74) is 3.85. The molecule has 1 amide bonds. The summed E-state index contributed by atoms with van der Waals surface area (Å²) < 4.78 is 5.43. The Morgan fingerprint density at radius 3 is 2.81 bits per heavy atom. The number of pyridine rings is 1. The fraction of sp³-hybridized carbons (Fsp3) is 0.167. The van der Waals surface area contributed by atoms with Crippen molar-refractivity contribution < 1.29 is 9.21 Å². The van der Waals surface area contributed by atoms with Crippen LogP contribution in [0.4, 0.5) is 0 Å². The van der Waals surface area contributed by atoms with Crippen LogP contribution in [0.5, 0.6) is 0 Å². The van der Waals surface area contributed by atoms with Crippen LogP contribution >= 0.6 is 11.3 Å². The maximum absolute atomic E-state index is 12.9. The van der Waals surface area contributed by atoms with Crippen molar-refractivity contribution in [1.29, 1.82) is 0 Å². The maximum atomic E-state index is 12.9. The van der Waals surface area contributed by atoms with E-state index in [1.807, 2.05) is 50.2 Å². The van der Waals surface area contributed by atoms with Crippen molar-refractivity contribution in [3.05, 3.63) is 76.6 Å². The van der Waals surface area contributed by atoms with Crippen LogP contribution in [-0.2, 0) is 6.42 Å². The molecule has 4 heterocycles. The van der Waals surface area contributed by atoms with Crippen LogP contribution < -0.4 is 5.32 Å². The molecule has 0 saturated carbocycles. The van der Waals surface area contributed by atoms with Gasteiger partial charge in [-0.3, -0.25) is 9.78 Å². The molecule has 0 atom stereocenters. The number of thiophene rings is 1. The molecule has 1 N–H and O–H groups in total. The quantitative estimate of drug-likeness (QED) is 0.422. The van der Waals surface area contributed by atoms with Gasteiger partial charge in [-0.05, 0) is 49.6 Å². The van der Waals surface area contributed by atoms with Crippen molar-refractivity contribution in [1.82, 2.24) is 20.3 Å².